The van der Waals surface area contributed by atoms with Crippen molar-refractivity contribution in [2.75, 3.05) is 0 Å². The second-order valence-corrected chi connectivity index (χ2v) is 33.8. The van der Waals surface area contributed by atoms with Crippen molar-refractivity contribution in [1.82, 2.24) is 0 Å². The van der Waals surface area contributed by atoms with Crippen molar-refractivity contribution in [2.45, 2.75) is 83.1 Å². The fraction of sp³-hybridized carbons (Fsp3) is 0.140. The monoisotopic (exact) mass is 1460 g/mol. The summed E-state index contributed by atoms with van der Waals surface area (Å²) in [6.45, 7) is 25.8. The number of rotatable bonds is 12. The molecule has 0 saturated heterocycles. The van der Waals surface area contributed by atoms with E-state index in [9.17, 15) is 0 Å². The van der Waals surface area contributed by atoms with Gasteiger partial charge in [-0.3, -0.25) is 0 Å². The van der Waals surface area contributed by atoms with Gasteiger partial charge in [0, 0.05) is 44.8 Å². The van der Waals surface area contributed by atoms with Crippen molar-refractivity contribution in [3.63, 3.8) is 0 Å². The first-order chi connectivity index (χ1) is 42.5. The Morgan fingerprint density at radius 3 is 0.228 bits per heavy atom. The SMILES string of the molecule is Cc1ccc([PH+](c2ccc(C)cc2)c2ccc(C)cc2)cc1.Cc1ccc([PH+](c2ccc(C)cc2)c2ccc(C)cc2)cc1.Cc1ccc([PH+](c2ccc(C)cc2)c2ccc(C)cc2)cc1.Cc1ccc([PH+](c2ccc(C)cc2)c2ccc(C)cc2)cc1.[Ag].[Ag].[CH3-].[CH3-]. The van der Waals surface area contributed by atoms with Gasteiger partial charge in [-0.15, -0.1) is 0 Å². The molecule has 0 saturated carbocycles. The first kappa shape index (κ1) is 76.6. The molecule has 0 N–H and O–H groups in total. The summed E-state index contributed by atoms with van der Waals surface area (Å²) in [6, 6.07) is 108. The fourth-order valence-corrected chi connectivity index (χ4v) is 20.6. The normalized spacial score (nSPS) is 10.4. The molecule has 478 valence electrons. The molecule has 12 aromatic carbocycles. The Hall–Kier alpha value is -6.16. The number of hydrogen-bond donors (Lipinski definition) is 0. The van der Waals surface area contributed by atoms with Crippen LogP contribution in [0.2, 0.25) is 0 Å². The van der Waals surface area contributed by atoms with Crippen LogP contribution in [0.25, 0.3) is 0 Å². The van der Waals surface area contributed by atoms with Crippen LogP contribution in [-0.2, 0) is 44.8 Å². The van der Waals surface area contributed by atoms with Crippen LogP contribution in [0.5, 0.6) is 0 Å². The van der Waals surface area contributed by atoms with Crippen LogP contribution in [-0.4, -0.2) is 0 Å². The molecule has 0 spiro atoms. The third-order valence-corrected chi connectivity index (χ3v) is 27.0. The summed E-state index contributed by atoms with van der Waals surface area (Å²) in [5.74, 6) is 0. The molecule has 2 radical (unpaired) electrons. The maximum atomic E-state index is 2.29. The summed E-state index contributed by atoms with van der Waals surface area (Å²) >= 11 is 0. The molecule has 0 nitrogen and oxygen atoms in total. The molecule has 0 fully saturated rings. The topological polar surface area (TPSA) is 0 Å². The van der Waals surface area contributed by atoms with Gasteiger partial charge in [0.15, 0.2) is 0 Å². The largest absolute Gasteiger partial charge is 0.358 e. The first-order valence-corrected chi connectivity index (χ1v) is 36.9. The van der Waals surface area contributed by atoms with Crippen molar-refractivity contribution in [2.24, 2.45) is 0 Å². The van der Waals surface area contributed by atoms with Crippen LogP contribution in [0.3, 0.4) is 0 Å². The fourth-order valence-electron chi connectivity index (χ4n) is 10.6. The van der Waals surface area contributed by atoms with Gasteiger partial charge in [0.1, 0.15) is 63.7 Å². The summed E-state index contributed by atoms with van der Waals surface area (Å²) in [6.07, 6.45) is 0. The molecule has 0 aliphatic rings. The predicted octanol–water partition coefficient (Wildman–Crippen LogP) is 17.3. The number of hydrogen-bond acceptors (Lipinski definition) is 0. The van der Waals surface area contributed by atoms with E-state index in [2.05, 4.69) is 374 Å². The third-order valence-electron chi connectivity index (χ3n) is 16.1. The van der Waals surface area contributed by atoms with E-state index in [-0.39, 0.29) is 59.6 Å². The summed E-state index contributed by atoms with van der Waals surface area (Å²) in [7, 11) is -3.71. The van der Waals surface area contributed by atoms with Gasteiger partial charge >= 0.3 is 0 Å². The Labute approximate surface area is 590 Å². The van der Waals surface area contributed by atoms with Gasteiger partial charge < -0.3 is 14.9 Å². The van der Waals surface area contributed by atoms with E-state index in [0.717, 1.165) is 0 Å². The van der Waals surface area contributed by atoms with E-state index in [1.165, 1.54) is 130 Å². The molecule has 0 unspecified atom stereocenters. The molecular weight excluding hydrogens is 1370 g/mol. The van der Waals surface area contributed by atoms with Crippen molar-refractivity contribution in [3.05, 3.63) is 373 Å². The average molecular weight is 1470 g/mol. The Morgan fingerprint density at radius 1 is 0.120 bits per heavy atom. The van der Waals surface area contributed by atoms with Gasteiger partial charge in [-0.2, -0.15) is 0 Å². The molecule has 0 atom stereocenters. The van der Waals surface area contributed by atoms with E-state index < -0.39 is 31.7 Å². The minimum atomic E-state index is -0.927. The summed E-state index contributed by atoms with van der Waals surface area (Å²) < 4.78 is 0. The molecule has 0 amide bonds. The van der Waals surface area contributed by atoms with Gasteiger partial charge in [-0.1, -0.05) is 212 Å². The minimum absolute atomic E-state index is 0. The molecule has 0 heterocycles. The Bertz CT molecular complexity index is 3080. The maximum absolute atomic E-state index is 2.29. The van der Waals surface area contributed by atoms with Gasteiger partial charge in [0.2, 0.25) is 0 Å². The van der Waals surface area contributed by atoms with E-state index in [1.54, 1.807) is 0 Å². The van der Waals surface area contributed by atoms with Crippen molar-refractivity contribution >= 4 is 95.3 Å². The quantitative estimate of drug-likeness (QED) is 0.0650. The molecular formula is C86H94Ag2P4+2. The van der Waals surface area contributed by atoms with Crippen LogP contribution >= 0.6 is 31.7 Å². The van der Waals surface area contributed by atoms with Crippen LogP contribution < -0.4 is 63.7 Å². The Morgan fingerprint density at radius 2 is 0.174 bits per heavy atom. The smallest absolute Gasteiger partial charge is 0.102 e. The van der Waals surface area contributed by atoms with Gasteiger partial charge in [-0.25, -0.2) is 0 Å². The van der Waals surface area contributed by atoms with Gasteiger partial charge in [0.25, 0.3) is 0 Å². The Kier molecular flexibility index (Phi) is 31.3. The molecule has 0 bridgehead atoms. The zero-order chi connectivity index (χ0) is 62.1. The molecule has 0 aromatic heterocycles. The van der Waals surface area contributed by atoms with Crippen molar-refractivity contribution in [3.8, 4) is 0 Å². The number of benzene rings is 12. The predicted molar refractivity (Wildman–Crippen MR) is 416 cm³/mol. The van der Waals surface area contributed by atoms with E-state index >= 15 is 0 Å². The van der Waals surface area contributed by atoms with Crippen LogP contribution in [0, 0.1) is 97.9 Å². The molecule has 12 rings (SSSR count). The second kappa shape index (κ2) is 37.7. The molecule has 0 aliphatic carbocycles. The van der Waals surface area contributed by atoms with E-state index in [4.69, 9.17) is 0 Å². The van der Waals surface area contributed by atoms with Gasteiger partial charge in [0.05, 0.1) is 31.7 Å². The van der Waals surface area contributed by atoms with Crippen LogP contribution in [0.4, 0.5) is 0 Å². The first-order valence-electron chi connectivity index (χ1n) is 30.9. The van der Waals surface area contributed by atoms with Gasteiger partial charge in [-0.05, 0) is 229 Å². The summed E-state index contributed by atoms with van der Waals surface area (Å²) in [5, 5.41) is 17.4. The zero-order valence-electron chi connectivity index (χ0n) is 56.3. The maximum Gasteiger partial charge on any atom is 0.102 e. The van der Waals surface area contributed by atoms with E-state index in [1.807, 2.05) is 0 Å². The molecule has 6 heteroatoms. The van der Waals surface area contributed by atoms with Crippen LogP contribution in [0.15, 0.2) is 291 Å². The second-order valence-electron chi connectivity index (χ2n) is 23.9. The summed E-state index contributed by atoms with van der Waals surface area (Å²) in [5.41, 5.74) is 15.8. The molecule has 12 aromatic rings. The average Bonchev–Trinajstić information content (AvgIpc) is 1.01. The van der Waals surface area contributed by atoms with Crippen molar-refractivity contribution < 1.29 is 44.8 Å². The molecule has 0 aliphatic heterocycles. The zero-order valence-corrected chi connectivity index (χ0v) is 63.3. The standard InChI is InChI=1S/4C21H21P.2CH3.2Ag/c4*1-16-4-10-19(11-5-16)22(20-12-6-17(2)7-13-20)21-14-8-18(3)9-15-21;;;;/h4*4-15H,1-3H3;2*1H3;;/q;;;;2*-1;;/p+4. The Balaban J connectivity index is 0.000000219. The summed E-state index contributed by atoms with van der Waals surface area (Å²) in [4.78, 5) is 0. The number of aryl methyl sites for hydroxylation is 12. The molecule has 92 heavy (non-hydrogen) atoms. The third kappa shape index (κ3) is 22.0. The van der Waals surface area contributed by atoms with Crippen LogP contribution in [0.1, 0.15) is 66.8 Å². The van der Waals surface area contributed by atoms with E-state index in [0.29, 0.717) is 0 Å². The van der Waals surface area contributed by atoms with Crippen molar-refractivity contribution in [1.29, 1.82) is 0 Å². The minimum Gasteiger partial charge on any atom is -0.358 e.